The van der Waals surface area contributed by atoms with Crippen molar-refractivity contribution in [2.75, 3.05) is 6.61 Å². The van der Waals surface area contributed by atoms with Crippen LogP contribution in [-0.4, -0.2) is 6.61 Å². The molecule has 0 aliphatic rings. The zero-order chi connectivity index (χ0) is 14.3. The first-order chi connectivity index (χ1) is 9.08. The third kappa shape index (κ3) is 5.53. The second kappa shape index (κ2) is 8.60. The van der Waals surface area contributed by atoms with Crippen molar-refractivity contribution >= 4 is 15.9 Å². The zero-order valence-electron chi connectivity index (χ0n) is 12.3. The smallest absolute Gasteiger partial charge is 0.133 e. The Hall–Kier alpha value is -0.540. The van der Waals surface area contributed by atoms with E-state index in [1.54, 1.807) is 0 Å². The molecule has 1 aromatic rings. The molecule has 2 nitrogen and oxygen atoms in total. The lowest BCUT2D eigenvalue weighted by Crippen LogP contribution is -2.12. The Kier molecular flexibility index (Phi) is 7.47. The molecule has 108 valence electrons. The Balaban J connectivity index is 2.57. The number of unbranched alkanes of at least 4 members (excludes halogenated alkanes) is 1. The van der Waals surface area contributed by atoms with Crippen LogP contribution in [0.2, 0.25) is 0 Å². The van der Waals surface area contributed by atoms with Crippen LogP contribution >= 0.6 is 15.9 Å². The number of nitrogens with two attached hydrogens (primary N) is 1. The number of hydrogen-bond donors (Lipinski definition) is 1. The molecule has 0 bridgehead atoms. The Bertz CT molecular complexity index is 379. The number of benzene rings is 1. The van der Waals surface area contributed by atoms with Crippen molar-refractivity contribution < 1.29 is 4.74 Å². The molecule has 1 unspecified atom stereocenters. The first-order valence-electron chi connectivity index (χ1n) is 7.26. The number of ether oxygens (including phenoxy) is 1. The summed E-state index contributed by atoms with van der Waals surface area (Å²) in [6, 6.07) is 6.15. The molecule has 3 heteroatoms. The standard InChI is InChI=1S/C16H26BrNO/c1-4-6-7-13(5-2)11-19-16-9-8-14(12(3)18)10-15(16)17/h8-10,12-13H,4-7,11,18H2,1-3H3/t12-,13?/m0/s1. The van der Waals surface area contributed by atoms with E-state index in [1.807, 2.05) is 25.1 Å². The Morgan fingerprint density at radius 1 is 1.32 bits per heavy atom. The van der Waals surface area contributed by atoms with E-state index in [-0.39, 0.29) is 6.04 Å². The summed E-state index contributed by atoms with van der Waals surface area (Å²) in [7, 11) is 0. The third-order valence-electron chi connectivity index (χ3n) is 3.50. The number of rotatable bonds is 8. The molecule has 0 aromatic heterocycles. The van der Waals surface area contributed by atoms with Crippen LogP contribution in [0.15, 0.2) is 22.7 Å². The van der Waals surface area contributed by atoms with Gasteiger partial charge in [0.25, 0.3) is 0 Å². The van der Waals surface area contributed by atoms with Crippen molar-refractivity contribution in [3.8, 4) is 5.75 Å². The van der Waals surface area contributed by atoms with Gasteiger partial charge in [0.2, 0.25) is 0 Å². The maximum Gasteiger partial charge on any atom is 0.133 e. The first-order valence-corrected chi connectivity index (χ1v) is 8.05. The van der Waals surface area contributed by atoms with Crippen LogP contribution in [0.25, 0.3) is 0 Å². The number of hydrogen-bond acceptors (Lipinski definition) is 2. The minimum absolute atomic E-state index is 0.0540. The summed E-state index contributed by atoms with van der Waals surface area (Å²) in [6.45, 7) is 7.25. The molecule has 1 rings (SSSR count). The van der Waals surface area contributed by atoms with Gasteiger partial charge in [-0.1, -0.05) is 39.2 Å². The van der Waals surface area contributed by atoms with Crippen LogP contribution in [-0.2, 0) is 0 Å². The molecule has 0 radical (unpaired) electrons. The van der Waals surface area contributed by atoms with E-state index in [0.29, 0.717) is 5.92 Å². The monoisotopic (exact) mass is 327 g/mol. The van der Waals surface area contributed by atoms with Crippen molar-refractivity contribution in [3.63, 3.8) is 0 Å². The Morgan fingerprint density at radius 3 is 2.58 bits per heavy atom. The predicted molar refractivity (Wildman–Crippen MR) is 85.5 cm³/mol. The van der Waals surface area contributed by atoms with E-state index in [0.717, 1.165) is 22.4 Å². The van der Waals surface area contributed by atoms with Crippen molar-refractivity contribution in [2.45, 2.75) is 52.5 Å². The highest BCUT2D eigenvalue weighted by Crippen LogP contribution is 2.28. The van der Waals surface area contributed by atoms with Gasteiger partial charge < -0.3 is 10.5 Å². The SMILES string of the molecule is CCCCC(CC)COc1ccc([C@H](C)N)cc1Br. The largest absolute Gasteiger partial charge is 0.492 e. The molecule has 0 fully saturated rings. The van der Waals surface area contributed by atoms with Crippen molar-refractivity contribution in [1.29, 1.82) is 0 Å². The molecule has 1 aromatic carbocycles. The Morgan fingerprint density at radius 2 is 2.05 bits per heavy atom. The third-order valence-corrected chi connectivity index (χ3v) is 4.12. The summed E-state index contributed by atoms with van der Waals surface area (Å²) in [5.74, 6) is 1.57. The summed E-state index contributed by atoms with van der Waals surface area (Å²) in [5, 5.41) is 0. The van der Waals surface area contributed by atoms with Crippen LogP contribution in [0, 0.1) is 5.92 Å². The van der Waals surface area contributed by atoms with Gasteiger partial charge in [0.05, 0.1) is 11.1 Å². The van der Waals surface area contributed by atoms with Crippen molar-refractivity contribution in [2.24, 2.45) is 11.7 Å². The summed E-state index contributed by atoms with van der Waals surface area (Å²) >= 11 is 3.56. The maximum absolute atomic E-state index is 5.93. The van der Waals surface area contributed by atoms with Gasteiger partial charge in [-0.25, -0.2) is 0 Å². The van der Waals surface area contributed by atoms with Gasteiger partial charge >= 0.3 is 0 Å². The van der Waals surface area contributed by atoms with Crippen LogP contribution < -0.4 is 10.5 Å². The van der Waals surface area contributed by atoms with E-state index in [9.17, 15) is 0 Å². The lowest BCUT2D eigenvalue weighted by atomic mass is 10.0. The quantitative estimate of drug-likeness (QED) is 0.723. The van der Waals surface area contributed by atoms with Gasteiger partial charge in [-0.15, -0.1) is 0 Å². The lowest BCUT2D eigenvalue weighted by Gasteiger charge is -2.17. The topological polar surface area (TPSA) is 35.2 Å². The van der Waals surface area contributed by atoms with Crippen molar-refractivity contribution in [1.82, 2.24) is 0 Å². The molecule has 0 aliphatic carbocycles. The van der Waals surface area contributed by atoms with E-state index in [4.69, 9.17) is 10.5 Å². The minimum atomic E-state index is 0.0540. The maximum atomic E-state index is 5.93. The van der Waals surface area contributed by atoms with Crippen LogP contribution in [0.3, 0.4) is 0 Å². The molecule has 0 heterocycles. The summed E-state index contributed by atoms with van der Waals surface area (Å²) in [5.41, 5.74) is 6.99. The molecule has 2 atom stereocenters. The molecule has 19 heavy (non-hydrogen) atoms. The normalized spacial score (nSPS) is 14.2. The average molecular weight is 328 g/mol. The van der Waals surface area contributed by atoms with Gasteiger partial charge in [0.15, 0.2) is 0 Å². The molecule has 0 saturated heterocycles. The summed E-state index contributed by atoms with van der Waals surface area (Å²) in [6.07, 6.45) is 4.97. The molecule has 0 amide bonds. The average Bonchev–Trinajstić information content (AvgIpc) is 2.40. The van der Waals surface area contributed by atoms with Crippen LogP contribution in [0.1, 0.15) is 58.1 Å². The highest BCUT2D eigenvalue weighted by atomic mass is 79.9. The van der Waals surface area contributed by atoms with E-state index >= 15 is 0 Å². The first kappa shape index (κ1) is 16.5. The zero-order valence-corrected chi connectivity index (χ0v) is 13.9. The molecule has 0 aliphatic heterocycles. The number of halogens is 1. The molecular weight excluding hydrogens is 302 g/mol. The Labute approximate surface area is 125 Å². The van der Waals surface area contributed by atoms with Crippen LogP contribution in [0.5, 0.6) is 5.75 Å². The van der Waals surface area contributed by atoms with E-state index in [2.05, 4.69) is 29.8 Å². The highest BCUT2D eigenvalue weighted by molar-refractivity contribution is 9.10. The molecular formula is C16H26BrNO. The van der Waals surface area contributed by atoms with Crippen LogP contribution in [0.4, 0.5) is 0 Å². The predicted octanol–water partition coefficient (Wildman–Crippen LogP) is 5.06. The van der Waals surface area contributed by atoms with Gasteiger partial charge in [0.1, 0.15) is 5.75 Å². The van der Waals surface area contributed by atoms with Gasteiger partial charge in [0, 0.05) is 6.04 Å². The van der Waals surface area contributed by atoms with Gasteiger partial charge in [-0.3, -0.25) is 0 Å². The van der Waals surface area contributed by atoms with Crippen molar-refractivity contribution in [3.05, 3.63) is 28.2 Å². The molecule has 0 spiro atoms. The second-order valence-corrected chi connectivity index (χ2v) is 6.06. The van der Waals surface area contributed by atoms with Gasteiger partial charge in [-0.05, 0) is 52.9 Å². The van der Waals surface area contributed by atoms with E-state index < -0.39 is 0 Å². The lowest BCUT2D eigenvalue weighted by molar-refractivity contribution is 0.232. The molecule has 0 saturated carbocycles. The fraction of sp³-hybridized carbons (Fsp3) is 0.625. The fourth-order valence-electron chi connectivity index (χ4n) is 2.02. The second-order valence-electron chi connectivity index (χ2n) is 5.21. The fourth-order valence-corrected chi connectivity index (χ4v) is 2.53. The van der Waals surface area contributed by atoms with E-state index in [1.165, 1.54) is 25.7 Å². The summed E-state index contributed by atoms with van der Waals surface area (Å²) in [4.78, 5) is 0. The molecule has 2 N–H and O–H groups in total. The summed E-state index contributed by atoms with van der Waals surface area (Å²) < 4.78 is 6.93. The minimum Gasteiger partial charge on any atom is -0.492 e. The van der Waals surface area contributed by atoms with Gasteiger partial charge in [-0.2, -0.15) is 0 Å². The highest BCUT2D eigenvalue weighted by Gasteiger charge is 2.09.